The number of fused-ring (bicyclic) bond motifs is 4. The average Bonchev–Trinajstić information content (AvgIpc) is 3.60. The molecule has 1 aliphatic rings. The third-order valence-electron chi connectivity index (χ3n) is 12.5. The van der Waals surface area contributed by atoms with E-state index in [1.807, 2.05) is 77.7 Å². The van der Waals surface area contributed by atoms with E-state index in [2.05, 4.69) is 153 Å². The van der Waals surface area contributed by atoms with Crippen molar-refractivity contribution in [3.8, 4) is 66.8 Å². The normalized spacial score (nSPS) is 13.4. The van der Waals surface area contributed by atoms with Crippen LogP contribution in [0.15, 0.2) is 236 Å². The molecule has 11 rings (SSSR count). The fraction of sp³-hybridized carbons (Fsp3) is 0.0492. The van der Waals surface area contributed by atoms with Crippen molar-refractivity contribution in [2.45, 2.75) is 19.3 Å². The summed E-state index contributed by atoms with van der Waals surface area (Å²) in [5, 5.41) is 2.23. The number of rotatable bonds is 8. The largest absolute Gasteiger partial charge is 0.310 e. The molecule has 0 unspecified atom stereocenters. The van der Waals surface area contributed by atoms with E-state index in [1.165, 1.54) is 11.1 Å². The predicted octanol–water partition coefficient (Wildman–Crippen LogP) is 17.0. The van der Waals surface area contributed by atoms with Gasteiger partial charge >= 0.3 is 0 Å². The van der Waals surface area contributed by atoms with Crippen molar-refractivity contribution in [2.24, 2.45) is 0 Å². The van der Waals surface area contributed by atoms with Crippen molar-refractivity contribution in [1.29, 1.82) is 0 Å². The number of anilines is 3. The molecule has 1 nitrogen and oxygen atoms in total. The standard InChI is InChI=1S/C61H45N/c1-61(2)59-26-12-11-24-57(59)58-36-35-54(41-60(58)61)62(52-31-27-44(28-32-52)47-21-13-22-48(37-47)56-25-14-20-46-19-9-10-23-55(46)56)53-33-29-45(30-34-53)51-39-49(42-15-5-3-6-16-42)38-50(40-51)43-17-7-4-8-18-43/h3-41H,1-2H3/i27D,28D,31D,32D. The summed E-state index contributed by atoms with van der Waals surface area (Å²) in [6.07, 6.45) is 0. The zero-order chi connectivity index (χ0) is 45.1. The first-order chi connectivity index (χ1) is 32.2. The lowest BCUT2D eigenvalue weighted by molar-refractivity contribution is 0.660. The van der Waals surface area contributed by atoms with Crippen molar-refractivity contribution in [3.63, 3.8) is 0 Å². The van der Waals surface area contributed by atoms with Crippen LogP contribution in [0, 0.1) is 0 Å². The van der Waals surface area contributed by atoms with E-state index >= 15 is 0 Å². The molecule has 10 aromatic carbocycles. The molecule has 294 valence electrons. The minimum Gasteiger partial charge on any atom is -0.310 e. The molecule has 0 aromatic heterocycles. The topological polar surface area (TPSA) is 3.24 Å². The molecule has 0 N–H and O–H groups in total. The molecule has 0 amide bonds. The molecule has 0 heterocycles. The van der Waals surface area contributed by atoms with Crippen LogP contribution in [0.2, 0.25) is 0 Å². The Bertz CT molecular complexity index is 3390. The van der Waals surface area contributed by atoms with Crippen molar-refractivity contribution in [2.75, 3.05) is 4.90 Å². The van der Waals surface area contributed by atoms with Crippen LogP contribution in [0.1, 0.15) is 30.5 Å². The third kappa shape index (κ3) is 6.69. The van der Waals surface area contributed by atoms with Gasteiger partial charge in [-0.25, -0.2) is 0 Å². The maximum Gasteiger partial charge on any atom is 0.0645 e. The van der Waals surface area contributed by atoms with Gasteiger partial charge in [-0.2, -0.15) is 0 Å². The van der Waals surface area contributed by atoms with Crippen LogP contribution in [0.3, 0.4) is 0 Å². The van der Waals surface area contributed by atoms with Gasteiger partial charge in [-0.3, -0.25) is 0 Å². The fourth-order valence-electron chi connectivity index (χ4n) is 9.31. The summed E-state index contributed by atoms with van der Waals surface area (Å²) in [4.78, 5) is 1.91. The molecular formula is C61H45N. The second-order valence-corrected chi connectivity index (χ2v) is 16.6. The van der Waals surface area contributed by atoms with Gasteiger partial charge in [-0.15, -0.1) is 0 Å². The smallest absolute Gasteiger partial charge is 0.0645 e. The van der Waals surface area contributed by atoms with Gasteiger partial charge in [0.15, 0.2) is 0 Å². The first-order valence-corrected chi connectivity index (χ1v) is 21.3. The first kappa shape index (κ1) is 33.0. The highest BCUT2D eigenvalue weighted by Gasteiger charge is 2.35. The van der Waals surface area contributed by atoms with Gasteiger partial charge in [0.25, 0.3) is 0 Å². The highest BCUT2D eigenvalue weighted by molar-refractivity contribution is 5.97. The number of hydrogen-bond donors (Lipinski definition) is 0. The summed E-state index contributed by atoms with van der Waals surface area (Å²) in [5.74, 6) is 0. The van der Waals surface area contributed by atoms with Crippen LogP contribution in [-0.2, 0) is 5.41 Å². The molecule has 10 aromatic rings. The molecule has 0 radical (unpaired) electrons. The molecule has 0 fully saturated rings. The van der Waals surface area contributed by atoms with E-state index in [-0.39, 0.29) is 40.8 Å². The Kier molecular flexibility index (Phi) is 8.19. The van der Waals surface area contributed by atoms with Crippen molar-refractivity contribution in [3.05, 3.63) is 248 Å². The van der Waals surface area contributed by atoms with Gasteiger partial charge < -0.3 is 4.90 Å². The van der Waals surface area contributed by atoms with Crippen LogP contribution in [0.4, 0.5) is 17.1 Å². The Balaban J connectivity index is 1.06. The van der Waals surface area contributed by atoms with Crippen LogP contribution >= 0.6 is 0 Å². The molecule has 1 heteroatoms. The minimum absolute atomic E-state index is 0.0947. The number of nitrogens with zero attached hydrogens (tertiary/aromatic N) is 1. The summed E-state index contributed by atoms with van der Waals surface area (Å²) in [7, 11) is 0. The summed E-state index contributed by atoms with van der Waals surface area (Å²) in [6.45, 7) is 4.48. The van der Waals surface area contributed by atoms with Gasteiger partial charge in [0, 0.05) is 22.5 Å². The van der Waals surface area contributed by atoms with E-state index in [0.717, 1.165) is 77.8 Å². The van der Waals surface area contributed by atoms with E-state index in [1.54, 1.807) is 0 Å². The SMILES string of the molecule is [2H]c1c([2H])c(N(c2ccc(-c3cc(-c4ccccc4)cc(-c4ccccc4)c3)cc2)c2ccc3c(c2)C(C)(C)c2ccccc2-3)c([2H])c([2H])c1-c1cccc(-c2cccc3ccccc23)c1. The number of benzene rings is 10. The second-order valence-electron chi connectivity index (χ2n) is 16.6. The van der Waals surface area contributed by atoms with Crippen LogP contribution in [0.25, 0.3) is 77.5 Å². The minimum atomic E-state index is -0.300. The van der Waals surface area contributed by atoms with Crippen LogP contribution < -0.4 is 4.90 Å². The lowest BCUT2D eigenvalue weighted by Gasteiger charge is -2.28. The Morgan fingerprint density at radius 1 is 0.323 bits per heavy atom. The lowest BCUT2D eigenvalue weighted by atomic mass is 9.82. The van der Waals surface area contributed by atoms with Crippen molar-refractivity contribution < 1.29 is 5.48 Å². The Morgan fingerprint density at radius 2 is 0.823 bits per heavy atom. The van der Waals surface area contributed by atoms with Gasteiger partial charge in [0.05, 0.1) is 5.48 Å². The molecule has 62 heavy (non-hydrogen) atoms. The summed E-state index contributed by atoms with van der Waals surface area (Å²) in [6, 6.07) is 72.6. The zero-order valence-electron chi connectivity index (χ0n) is 38.7. The van der Waals surface area contributed by atoms with Crippen molar-refractivity contribution >= 4 is 27.8 Å². The monoisotopic (exact) mass is 795 g/mol. The third-order valence-corrected chi connectivity index (χ3v) is 12.5. The average molecular weight is 796 g/mol. The Labute approximate surface area is 370 Å². The second kappa shape index (κ2) is 15.4. The predicted molar refractivity (Wildman–Crippen MR) is 263 cm³/mol. The van der Waals surface area contributed by atoms with Crippen LogP contribution in [0.5, 0.6) is 0 Å². The molecule has 1 aliphatic carbocycles. The Hall–Kier alpha value is -7.74. The molecule has 0 aliphatic heterocycles. The maximum atomic E-state index is 9.77. The number of hydrogen-bond acceptors (Lipinski definition) is 1. The van der Waals surface area contributed by atoms with Gasteiger partial charge in [-0.05, 0) is 149 Å². The highest BCUT2D eigenvalue weighted by Crippen LogP contribution is 2.51. The van der Waals surface area contributed by atoms with E-state index in [4.69, 9.17) is 0 Å². The summed E-state index contributed by atoms with van der Waals surface area (Å²) >= 11 is 0. The molecule has 0 atom stereocenters. The van der Waals surface area contributed by atoms with Gasteiger partial charge in [-0.1, -0.05) is 190 Å². The molecule has 0 spiro atoms. The zero-order valence-corrected chi connectivity index (χ0v) is 34.7. The molecule has 0 bridgehead atoms. The van der Waals surface area contributed by atoms with Gasteiger partial charge in [0.2, 0.25) is 0 Å². The maximum absolute atomic E-state index is 9.77. The van der Waals surface area contributed by atoms with Crippen molar-refractivity contribution in [1.82, 2.24) is 0 Å². The summed E-state index contributed by atoms with van der Waals surface area (Å²) in [5.41, 5.74) is 15.6. The van der Waals surface area contributed by atoms with E-state index < -0.39 is 0 Å². The Morgan fingerprint density at radius 3 is 1.53 bits per heavy atom. The quantitative estimate of drug-likeness (QED) is 0.148. The molecule has 0 saturated carbocycles. The van der Waals surface area contributed by atoms with E-state index in [9.17, 15) is 5.48 Å². The fourth-order valence-corrected chi connectivity index (χ4v) is 9.31. The van der Waals surface area contributed by atoms with Gasteiger partial charge in [0.1, 0.15) is 0 Å². The van der Waals surface area contributed by atoms with Crippen LogP contribution in [-0.4, -0.2) is 0 Å². The first-order valence-electron chi connectivity index (χ1n) is 23.3. The van der Waals surface area contributed by atoms with E-state index in [0.29, 0.717) is 5.56 Å². The molecule has 0 saturated heterocycles. The highest BCUT2D eigenvalue weighted by atomic mass is 15.1. The summed E-state index contributed by atoms with van der Waals surface area (Å²) < 4.78 is 38.8. The lowest BCUT2D eigenvalue weighted by Crippen LogP contribution is -2.16. The molecular weight excluding hydrogens is 747 g/mol.